The van der Waals surface area contributed by atoms with Crippen LogP contribution in [0.15, 0.2) is 94.4 Å². The van der Waals surface area contributed by atoms with Crippen molar-refractivity contribution in [3.05, 3.63) is 111 Å². The standard InChI is InChI=1S/C27H23BrClN5O2S/c1-18-9-11-21(12-10-18)37(35,36)32-16-20-6-4-5-19(13-20)15-30-26-14-25(22-7-2-3-8-24(22)29)33-27-23(28)17-31-34(26)27/h2-14,17,30,32H,15-16H2,1H3. The summed E-state index contributed by atoms with van der Waals surface area (Å²) in [6, 6.07) is 24.0. The van der Waals surface area contributed by atoms with Gasteiger partial charge in [-0.05, 0) is 52.2 Å². The van der Waals surface area contributed by atoms with Gasteiger partial charge in [0.15, 0.2) is 5.65 Å². The lowest BCUT2D eigenvalue weighted by Crippen LogP contribution is -2.23. The molecule has 37 heavy (non-hydrogen) atoms. The van der Waals surface area contributed by atoms with Crippen molar-refractivity contribution in [2.24, 2.45) is 0 Å². The summed E-state index contributed by atoms with van der Waals surface area (Å²) in [5, 5.41) is 8.48. The summed E-state index contributed by atoms with van der Waals surface area (Å²) >= 11 is 9.95. The number of aromatic nitrogens is 3. The van der Waals surface area contributed by atoms with Gasteiger partial charge in [0, 0.05) is 29.7 Å². The normalized spacial score (nSPS) is 11.6. The van der Waals surface area contributed by atoms with Gasteiger partial charge in [-0.15, -0.1) is 0 Å². The molecule has 0 unspecified atom stereocenters. The summed E-state index contributed by atoms with van der Waals surface area (Å²) in [7, 11) is -3.60. The number of anilines is 1. The van der Waals surface area contributed by atoms with E-state index in [0.29, 0.717) is 17.2 Å². The Kier molecular flexibility index (Phi) is 7.30. The van der Waals surface area contributed by atoms with Crippen LogP contribution in [0.1, 0.15) is 16.7 Å². The van der Waals surface area contributed by atoms with E-state index in [-0.39, 0.29) is 11.4 Å². The number of hydrogen-bond acceptors (Lipinski definition) is 5. The lowest BCUT2D eigenvalue weighted by atomic mass is 10.1. The number of hydrogen-bond donors (Lipinski definition) is 2. The topological polar surface area (TPSA) is 88.4 Å². The molecule has 0 atom stereocenters. The van der Waals surface area contributed by atoms with Gasteiger partial charge >= 0.3 is 0 Å². The minimum atomic E-state index is -3.60. The molecule has 7 nitrogen and oxygen atoms in total. The molecule has 0 amide bonds. The first kappa shape index (κ1) is 25.4. The highest BCUT2D eigenvalue weighted by Gasteiger charge is 2.15. The first-order valence-electron chi connectivity index (χ1n) is 11.5. The van der Waals surface area contributed by atoms with E-state index in [4.69, 9.17) is 16.6 Å². The molecular weight excluding hydrogens is 574 g/mol. The molecule has 0 bridgehead atoms. The highest BCUT2D eigenvalue weighted by Crippen LogP contribution is 2.30. The molecule has 0 radical (unpaired) electrons. The lowest BCUT2D eigenvalue weighted by Gasteiger charge is -2.13. The Morgan fingerprint density at radius 1 is 0.946 bits per heavy atom. The monoisotopic (exact) mass is 595 g/mol. The quantitative estimate of drug-likeness (QED) is 0.222. The molecule has 3 aromatic carbocycles. The van der Waals surface area contributed by atoms with Crippen LogP contribution in [0.4, 0.5) is 5.82 Å². The second-order valence-corrected chi connectivity index (χ2v) is 11.6. The van der Waals surface area contributed by atoms with Gasteiger partial charge < -0.3 is 5.32 Å². The van der Waals surface area contributed by atoms with Crippen molar-refractivity contribution in [2.75, 3.05) is 5.32 Å². The van der Waals surface area contributed by atoms with Gasteiger partial charge in [-0.1, -0.05) is 71.8 Å². The molecule has 0 fully saturated rings. The van der Waals surface area contributed by atoms with Gasteiger partial charge in [-0.3, -0.25) is 0 Å². The zero-order valence-corrected chi connectivity index (χ0v) is 23.0. The highest BCUT2D eigenvalue weighted by molar-refractivity contribution is 9.10. The van der Waals surface area contributed by atoms with Gasteiger partial charge in [0.05, 0.1) is 21.3 Å². The molecule has 10 heteroatoms. The third kappa shape index (κ3) is 5.70. The van der Waals surface area contributed by atoms with E-state index >= 15 is 0 Å². The van der Waals surface area contributed by atoms with E-state index in [0.717, 1.165) is 38.2 Å². The summed E-state index contributed by atoms with van der Waals surface area (Å²) in [4.78, 5) is 4.98. The van der Waals surface area contributed by atoms with Crippen LogP contribution in [0.5, 0.6) is 0 Å². The second kappa shape index (κ2) is 10.6. The number of halogens is 2. The maximum atomic E-state index is 12.7. The first-order chi connectivity index (χ1) is 17.8. The minimum Gasteiger partial charge on any atom is -0.366 e. The Bertz CT molecular complexity index is 1690. The van der Waals surface area contributed by atoms with Crippen LogP contribution in [0.3, 0.4) is 0 Å². The van der Waals surface area contributed by atoms with Crippen molar-refractivity contribution in [1.29, 1.82) is 0 Å². The summed E-state index contributed by atoms with van der Waals surface area (Å²) in [6.07, 6.45) is 1.70. The fourth-order valence-electron chi connectivity index (χ4n) is 3.89. The van der Waals surface area contributed by atoms with E-state index < -0.39 is 10.0 Å². The summed E-state index contributed by atoms with van der Waals surface area (Å²) < 4.78 is 30.5. The first-order valence-corrected chi connectivity index (χ1v) is 14.1. The number of nitrogens with zero attached hydrogens (tertiary/aromatic N) is 3. The predicted molar refractivity (Wildman–Crippen MR) is 150 cm³/mol. The minimum absolute atomic E-state index is 0.187. The molecule has 0 aliphatic carbocycles. The Labute approximate surface area is 228 Å². The Hall–Kier alpha value is -3.24. The zero-order chi connectivity index (χ0) is 26.0. The van der Waals surface area contributed by atoms with Gasteiger partial charge in [-0.2, -0.15) is 9.61 Å². The zero-order valence-electron chi connectivity index (χ0n) is 19.8. The number of sulfonamides is 1. The molecule has 0 saturated heterocycles. The molecule has 2 aromatic heterocycles. The van der Waals surface area contributed by atoms with Crippen LogP contribution in [0, 0.1) is 6.92 Å². The molecule has 0 aliphatic heterocycles. The van der Waals surface area contributed by atoms with E-state index in [1.165, 1.54) is 0 Å². The molecular formula is C27H23BrClN5O2S. The molecule has 2 heterocycles. The Morgan fingerprint density at radius 2 is 1.68 bits per heavy atom. The van der Waals surface area contributed by atoms with E-state index in [1.807, 2.05) is 61.5 Å². The van der Waals surface area contributed by atoms with Crippen molar-refractivity contribution in [1.82, 2.24) is 19.3 Å². The maximum Gasteiger partial charge on any atom is 0.240 e. The van der Waals surface area contributed by atoms with Gasteiger partial charge in [0.25, 0.3) is 0 Å². The largest absolute Gasteiger partial charge is 0.366 e. The number of rotatable bonds is 8. The van der Waals surface area contributed by atoms with E-state index in [9.17, 15) is 8.42 Å². The fraction of sp³-hybridized carbons (Fsp3) is 0.111. The van der Waals surface area contributed by atoms with Gasteiger partial charge in [0.2, 0.25) is 10.0 Å². The number of aryl methyl sites for hydroxylation is 1. The Morgan fingerprint density at radius 3 is 2.43 bits per heavy atom. The number of nitrogens with one attached hydrogen (secondary N) is 2. The molecule has 188 valence electrons. The van der Waals surface area contributed by atoms with E-state index in [2.05, 4.69) is 31.1 Å². The van der Waals surface area contributed by atoms with Crippen molar-refractivity contribution >= 4 is 49.0 Å². The SMILES string of the molecule is Cc1ccc(S(=O)(=O)NCc2cccc(CNc3cc(-c4ccccc4Cl)nc4c(Br)cnn34)c2)cc1. The van der Waals surface area contributed by atoms with Crippen LogP contribution < -0.4 is 10.0 Å². The average Bonchev–Trinajstić information content (AvgIpc) is 3.27. The molecule has 2 N–H and O–H groups in total. The van der Waals surface area contributed by atoms with Crippen molar-refractivity contribution in [3.63, 3.8) is 0 Å². The summed E-state index contributed by atoms with van der Waals surface area (Å²) in [5.41, 5.74) is 5.06. The fourth-order valence-corrected chi connectivity index (χ4v) is 5.49. The highest BCUT2D eigenvalue weighted by atomic mass is 79.9. The van der Waals surface area contributed by atoms with Crippen LogP contribution in [0.2, 0.25) is 5.02 Å². The molecule has 5 rings (SSSR count). The maximum absolute atomic E-state index is 12.7. The van der Waals surface area contributed by atoms with Crippen molar-refractivity contribution < 1.29 is 8.42 Å². The number of fused-ring (bicyclic) bond motifs is 1. The number of benzene rings is 3. The van der Waals surface area contributed by atoms with Crippen molar-refractivity contribution in [2.45, 2.75) is 24.9 Å². The Balaban J connectivity index is 1.34. The lowest BCUT2D eigenvalue weighted by molar-refractivity contribution is 0.581. The molecule has 0 aliphatic rings. The van der Waals surface area contributed by atoms with Crippen LogP contribution in [-0.2, 0) is 23.1 Å². The summed E-state index contributed by atoms with van der Waals surface area (Å²) in [5.74, 6) is 0.746. The second-order valence-electron chi connectivity index (χ2n) is 8.55. The van der Waals surface area contributed by atoms with Crippen LogP contribution >= 0.6 is 27.5 Å². The van der Waals surface area contributed by atoms with E-state index in [1.54, 1.807) is 35.0 Å². The smallest absolute Gasteiger partial charge is 0.240 e. The van der Waals surface area contributed by atoms with Gasteiger partial charge in [0.1, 0.15) is 5.82 Å². The molecule has 0 spiro atoms. The average molecular weight is 597 g/mol. The third-order valence-electron chi connectivity index (χ3n) is 5.84. The molecule has 0 saturated carbocycles. The van der Waals surface area contributed by atoms with Gasteiger partial charge in [-0.25, -0.2) is 18.1 Å². The van der Waals surface area contributed by atoms with Crippen LogP contribution in [0.25, 0.3) is 16.9 Å². The van der Waals surface area contributed by atoms with Crippen molar-refractivity contribution in [3.8, 4) is 11.3 Å². The van der Waals surface area contributed by atoms with Crippen LogP contribution in [-0.4, -0.2) is 23.0 Å². The summed E-state index contributed by atoms with van der Waals surface area (Å²) in [6.45, 7) is 2.60. The third-order valence-corrected chi connectivity index (χ3v) is 8.15. The molecule has 5 aromatic rings. The predicted octanol–water partition coefficient (Wildman–Crippen LogP) is 6.21.